The second-order valence-electron chi connectivity index (χ2n) is 5.33. The maximum atomic E-state index is 11.8. The van der Waals surface area contributed by atoms with E-state index in [1.54, 1.807) is 13.3 Å². The van der Waals surface area contributed by atoms with Gasteiger partial charge in [-0.05, 0) is 18.1 Å². The number of nitrogens with zero attached hydrogens (tertiary/aromatic N) is 1. The van der Waals surface area contributed by atoms with Gasteiger partial charge in [0.05, 0.1) is 18.4 Å². The SMILES string of the molecule is COc1ccccc1-c1ncc(CNS(=O)(=O)CC(C)C)s1. The average Bonchev–Trinajstić information content (AvgIpc) is 2.92. The Bertz CT molecular complexity index is 724. The van der Waals surface area contributed by atoms with E-state index in [1.165, 1.54) is 11.3 Å². The molecular weight excluding hydrogens is 320 g/mol. The summed E-state index contributed by atoms with van der Waals surface area (Å²) in [6.07, 6.45) is 1.70. The number of nitrogens with one attached hydrogen (secondary N) is 1. The molecule has 0 aliphatic carbocycles. The fraction of sp³-hybridized carbons (Fsp3) is 0.400. The van der Waals surface area contributed by atoms with Gasteiger partial charge in [-0.3, -0.25) is 0 Å². The van der Waals surface area contributed by atoms with Crippen LogP contribution in [0, 0.1) is 5.92 Å². The second kappa shape index (κ2) is 7.21. The first-order valence-corrected chi connectivity index (χ1v) is 9.43. The van der Waals surface area contributed by atoms with Gasteiger partial charge in [0.1, 0.15) is 10.8 Å². The minimum atomic E-state index is -3.24. The number of para-hydroxylation sites is 1. The van der Waals surface area contributed by atoms with Gasteiger partial charge >= 0.3 is 0 Å². The molecule has 0 amide bonds. The van der Waals surface area contributed by atoms with Gasteiger partial charge in [0, 0.05) is 17.6 Å². The molecule has 2 rings (SSSR count). The number of hydrogen-bond acceptors (Lipinski definition) is 5. The average molecular weight is 340 g/mol. The number of sulfonamides is 1. The van der Waals surface area contributed by atoms with Crippen LogP contribution in [0.3, 0.4) is 0 Å². The topological polar surface area (TPSA) is 68.3 Å². The Labute approximate surface area is 135 Å². The molecule has 0 spiro atoms. The molecule has 22 heavy (non-hydrogen) atoms. The van der Waals surface area contributed by atoms with Gasteiger partial charge in [-0.1, -0.05) is 26.0 Å². The molecule has 1 heterocycles. The highest BCUT2D eigenvalue weighted by atomic mass is 32.2. The number of ether oxygens (including phenoxy) is 1. The fourth-order valence-corrected chi connectivity index (χ4v) is 4.36. The minimum Gasteiger partial charge on any atom is -0.496 e. The lowest BCUT2D eigenvalue weighted by molar-refractivity contribution is 0.416. The van der Waals surface area contributed by atoms with Crippen molar-refractivity contribution in [2.45, 2.75) is 20.4 Å². The predicted molar refractivity (Wildman–Crippen MR) is 89.6 cm³/mol. The Balaban J connectivity index is 2.09. The van der Waals surface area contributed by atoms with Gasteiger partial charge in [0.2, 0.25) is 10.0 Å². The van der Waals surface area contributed by atoms with Crippen LogP contribution in [0.1, 0.15) is 18.7 Å². The van der Waals surface area contributed by atoms with Crippen LogP contribution in [0.25, 0.3) is 10.6 Å². The zero-order valence-electron chi connectivity index (χ0n) is 12.9. The third-order valence-corrected chi connectivity index (χ3v) is 5.63. The number of thiazole rings is 1. The third-order valence-electron chi connectivity index (χ3n) is 2.91. The van der Waals surface area contributed by atoms with Crippen molar-refractivity contribution < 1.29 is 13.2 Å². The van der Waals surface area contributed by atoms with Crippen LogP contribution >= 0.6 is 11.3 Å². The maximum Gasteiger partial charge on any atom is 0.212 e. The van der Waals surface area contributed by atoms with Crippen molar-refractivity contribution in [3.8, 4) is 16.3 Å². The standard InChI is InChI=1S/C15H20N2O3S2/c1-11(2)10-22(18,19)17-9-12-8-16-15(21-12)13-6-4-5-7-14(13)20-3/h4-8,11,17H,9-10H2,1-3H3. The Kier molecular flexibility index (Phi) is 5.55. The molecule has 1 aromatic carbocycles. The van der Waals surface area contributed by atoms with Crippen LogP contribution in [-0.4, -0.2) is 26.3 Å². The Hall–Kier alpha value is -1.44. The Morgan fingerprint density at radius 1 is 1.32 bits per heavy atom. The molecule has 0 fully saturated rings. The number of rotatable bonds is 7. The van der Waals surface area contributed by atoms with Crippen molar-refractivity contribution >= 4 is 21.4 Å². The van der Waals surface area contributed by atoms with Crippen LogP contribution in [0.15, 0.2) is 30.5 Å². The van der Waals surface area contributed by atoms with E-state index in [0.29, 0.717) is 0 Å². The molecule has 0 saturated heterocycles. The minimum absolute atomic E-state index is 0.100. The van der Waals surface area contributed by atoms with Crippen LogP contribution in [0.2, 0.25) is 0 Å². The highest BCUT2D eigenvalue weighted by Gasteiger charge is 2.14. The summed E-state index contributed by atoms with van der Waals surface area (Å²) in [6.45, 7) is 4.03. The number of benzene rings is 1. The van der Waals surface area contributed by atoms with Crippen molar-refractivity contribution in [1.29, 1.82) is 0 Å². The Morgan fingerprint density at radius 3 is 2.73 bits per heavy atom. The lowest BCUT2D eigenvalue weighted by atomic mass is 10.2. The first-order chi connectivity index (χ1) is 10.4. The highest BCUT2D eigenvalue weighted by molar-refractivity contribution is 7.89. The van der Waals surface area contributed by atoms with Gasteiger partial charge < -0.3 is 4.74 Å². The van der Waals surface area contributed by atoms with E-state index in [2.05, 4.69) is 9.71 Å². The van der Waals surface area contributed by atoms with Crippen molar-refractivity contribution in [3.05, 3.63) is 35.3 Å². The highest BCUT2D eigenvalue weighted by Crippen LogP contribution is 2.32. The molecule has 0 radical (unpaired) electrons. The summed E-state index contributed by atoms with van der Waals surface area (Å²) >= 11 is 1.46. The number of hydrogen-bond donors (Lipinski definition) is 1. The molecule has 7 heteroatoms. The molecule has 0 saturated carbocycles. The van der Waals surface area contributed by atoms with Crippen LogP contribution in [0.4, 0.5) is 0 Å². The molecule has 0 unspecified atom stereocenters. The molecule has 5 nitrogen and oxygen atoms in total. The van der Waals surface area contributed by atoms with E-state index in [9.17, 15) is 8.42 Å². The van der Waals surface area contributed by atoms with Crippen molar-refractivity contribution in [2.24, 2.45) is 5.92 Å². The normalized spacial score (nSPS) is 11.8. The zero-order chi connectivity index (χ0) is 16.2. The Morgan fingerprint density at radius 2 is 2.05 bits per heavy atom. The maximum absolute atomic E-state index is 11.8. The summed E-state index contributed by atoms with van der Waals surface area (Å²) in [5, 5.41) is 0.815. The van der Waals surface area contributed by atoms with Crippen LogP contribution < -0.4 is 9.46 Å². The molecular formula is C15H20N2O3S2. The fourth-order valence-electron chi connectivity index (χ4n) is 2.01. The molecule has 2 aromatic rings. The van der Waals surface area contributed by atoms with E-state index in [1.807, 2.05) is 38.1 Å². The number of methoxy groups -OCH3 is 1. The lowest BCUT2D eigenvalue weighted by Gasteiger charge is -2.07. The first kappa shape index (κ1) is 16.9. The van der Waals surface area contributed by atoms with Gasteiger partial charge in [-0.25, -0.2) is 18.1 Å². The quantitative estimate of drug-likeness (QED) is 0.841. The molecule has 0 bridgehead atoms. The van der Waals surface area contributed by atoms with E-state index in [-0.39, 0.29) is 18.2 Å². The predicted octanol–water partition coefficient (Wildman–Crippen LogP) is 2.89. The zero-order valence-corrected chi connectivity index (χ0v) is 14.5. The summed E-state index contributed by atoms with van der Waals surface area (Å²) in [7, 11) is -1.62. The third kappa shape index (κ3) is 4.53. The largest absolute Gasteiger partial charge is 0.496 e. The van der Waals surface area contributed by atoms with Crippen LogP contribution in [-0.2, 0) is 16.6 Å². The van der Waals surface area contributed by atoms with Crippen LogP contribution in [0.5, 0.6) is 5.75 Å². The van der Waals surface area contributed by atoms with Gasteiger partial charge in [0.15, 0.2) is 0 Å². The second-order valence-corrected chi connectivity index (χ2v) is 8.30. The molecule has 0 aliphatic heterocycles. The van der Waals surface area contributed by atoms with Crippen molar-refractivity contribution in [2.75, 3.05) is 12.9 Å². The summed E-state index contributed by atoms with van der Waals surface area (Å²) in [5.74, 6) is 0.984. The van der Waals surface area contributed by atoms with E-state index >= 15 is 0 Å². The lowest BCUT2D eigenvalue weighted by Crippen LogP contribution is -2.27. The van der Waals surface area contributed by atoms with Crippen molar-refractivity contribution in [3.63, 3.8) is 0 Å². The number of aromatic nitrogens is 1. The smallest absolute Gasteiger partial charge is 0.212 e. The van der Waals surface area contributed by atoms with E-state index in [4.69, 9.17) is 4.74 Å². The van der Waals surface area contributed by atoms with Gasteiger partial charge in [-0.15, -0.1) is 11.3 Å². The molecule has 0 atom stereocenters. The van der Waals surface area contributed by atoms with E-state index in [0.717, 1.165) is 21.2 Å². The first-order valence-electron chi connectivity index (χ1n) is 6.96. The molecule has 0 aliphatic rings. The summed E-state index contributed by atoms with van der Waals surface area (Å²) in [6, 6.07) is 7.63. The van der Waals surface area contributed by atoms with Gasteiger partial charge in [0.25, 0.3) is 0 Å². The van der Waals surface area contributed by atoms with E-state index < -0.39 is 10.0 Å². The summed E-state index contributed by atoms with van der Waals surface area (Å²) < 4.78 is 31.6. The van der Waals surface area contributed by atoms with Crippen molar-refractivity contribution in [1.82, 2.24) is 9.71 Å². The van der Waals surface area contributed by atoms with Gasteiger partial charge in [-0.2, -0.15) is 0 Å². The molecule has 1 N–H and O–H groups in total. The summed E-state index contributed by atoms with van der Waals surface area (Å²) in [5.41, 5.74) is 0.909. The summed E-state index contributed by atoms with van der Waals surface area (Å²) in [4.78, 5) is 5.23. The molecule has 120 valence electrons. The molecule has 1 aromatic heterocycles. The monoisotopic (exact) mass is 340 g/mol.